The fraction of sp³-hybridized carbons (Fsp3) is 0.333. The quantitative estimate of drug-likeness (QED) is 0.758. The number of ether oxygens (including phenoxy) is 1. The second-order valence-corrected chi connectivity index (χ2v) is 8.88. The van der Waals surface area contributed by atoms with Gasteiger partial charge >= 0.3 is 0 Å². The van der Waals surface area contributed by atoms with Gasteiger partial charge in [0.05, 0.1) is 18.1 Å². The van der Waals surface area contributed by atoms with Gasteiger partial charge in [0.1, 0.15) is 17.6 Å². The molecule has 1 aliphatic rings. The summed E-state index contributed by atoms with van der Waals surface area (Å²) in [5, 5.41) is 11.9. The number of carbonyl (C=O) groups excluding carboxylic acids is 1. The van der Waals surface area contributed by atoms with Crippen molar-refractivity contribution in [2.24, 2.45) is 5.92 Å². The van der Waals surface area contributed by atoms with Crippen LogP contribution in [-0.4, -0.2) is 38.8 Å². The maximum absolute atomic E-state index is 13.9. The minimum absolute atomic E-state index is 0.105. The SMILES string of the molecule is COc1ccc(S(=O)(=O)N2CCC(C(=O)NC(C#N)c3ccccc3F)CC2)cc1. The summed E-state index contributed by atoms with van der Waals surface area (Å²) in [6.07, 6.45) is 0.632. The average Bonchev–Trinajstić information content (AvgIpc) is 2.78. The molecule has 1 aliphatic heterocycles. The van der Waals surface area contributed by atoms with Crippen molar-refractivity contribution < 1.29 is 22.3 Å². The average molecular weight is 431 g/mol. The number of nitriles is 1. The third-order valence-electron chi connectivity index (χ3n) is 5.15. The lowest BCUT2D eigenvalue weighted by atomic mass is 9.96. The summed E-state index contributed by atoms with van der Waals surface area (Å²) in [5.41, 5.74) is 0.105. The molecular weight excluding hydrogens is 409 g/mol. The van der Waals surface area contributed by atoms with E-state index in [2.05, 4.69) is 5.32 Å². The number of methoxy groups -OCH3 is 1. The molecule has 30 heavy (non-hydrogen) atoms. The second-order valence-electron chi connectivity index (χ2n) is 6.95. The Labute approximate surface area is 175 Å². The molecule has 0 aliphatic carbocycles. The van der Waals surface area contributed by atoms with E-state index in [1.165, 1.54) is 41.7 Å². The van der Waals surface area contributed by atoms with Crippen LogP contribution in [0.1, 0.15) is 24.4 Å². The van der Waals surface area contributed by atoms with Gasteiger partial charge in [0.25, 0.3) is 0 Å². The van der Waals surface area contributed by atoms with Crippen molar-refractivity contribution in [2.75, 3.05) is 20.2 Å². The lowest BCUT2D eigenvalue weighted by Crippen LogP contribution is -2.43. The van der Waals surface area contributed by atoms with E-state index in [-0.39, 0.29) is 29.5 Å². The third kappa shape index (κ3) is 4.61. The molecule has 0 saturated carbocycles. The Bertz CT molecular complexity index is 1040. The van der Waals surface area contributed by atoms with E-state index in [1.54, 1.807) is 18.2 Å². The van der Waals surface area contributed by atoms with Crippen molar-refractivity contribution >= 4 is 15.9 Å². The number of halogens is 1. The van der Waals surface area contributed by atoms with Crippen molar-refractivity contribution in [2.45, 2.75) is 23.8 Å². The van der Waals surface area contributed by atoms with Crippen LogP contribution in [0.15, 0.2) is 53.4 Å². The molecule has 1 fully saturated rings. The Morgan fingerprint density at radius 1 is 1.20 bits per heavy atom. The highest BCUT2D eigenvalue weighted by atomic mass is 32.2. The van der Waals surface area contributed by atoms with Crippen LogP contribution in [0.25, 0.3) is 0 Å². The number of rotatable bonds is 6. The molecular formula is C21H22FN3O4S. The molecule has 1 saturated heterocycles. The van der Waals surface area contributed by atoms with Gasteiger partial charge in [-0.05, 0) is 43.2 Å². The van der Waals surface area contributed by atoms with E-state index >= 15 is 0 Å². The van der Waals surface area contributed by atoms with Gasteiger partial charge in [-0.3, -0.25) is 4.79 Å². The third-order valence-corrected chi connectivity index (χ3v) is 7.07. The van der Waals surface area contributed by atoms with Gasteiger partial charge in [-0.1, -0.05) is 18.2 Å². The number of piperidine rings is 1. The van der Waals surface area contributed by atoms with Crippen LogP contribution < -0.4 is 10.1 Å². The van der Waals surface area contributed by atoms with Gasteiger partial charge in [0.2, 0.25) is 15.9 Å². The Morgan fingerprint density at radius 3 is 2.40 bits per heavy atom. The highest BCUT2D eigenvalue weighted by Crippen LogP contribution is 2.26. The van der Waals surface area contributed by atoms with Gasteiger partial charge in [0, 0.05) is 24.6 Å². The van der Waals surface area contributed by atoms with Gasteiger partial charge in [-0.15, -0.1) is 0 Å². The molecule has 3 rings (SSSR count). The fourth-order valence-electron chi connectivity index (χ4n) is 3.40. The van der Waals surface area contributed by atoms with Crippen molar-refractivity contribution in [1.29, 1.82) is 5.26 Å². The first kappa shape index (κ1) is 21.7. The number of carbonyl (C=O) groups is 1. The predicted octanol–water partition coefficient (Wildman–Crippen LogP) is 2.62. The van der Waals surface area contributed by atoms with Crippen molar-refractivity contribution in [3.8, 4) is 11.8 Å². The summed E-state index contributed by atoms with van der Waals surface area (Å²) in [6.45, 7) is 0.368. The number of nitrogens with one attached hydrogen (secondary N) is 1. The van der Waals surface area contributed by atoms with E-state index in [0.29, 0.717) is 18.6 Å². The molecule has 1 heterocycles. The molecule has 7 nitrogen and oxygen atoms in total. The van der Waals surface area contributed by atoms with Crippen molar-refractivity contribution in [3.05, 3.63) is 59.9 Å². The van der Waals surface area contributed by atoms with E-state index < -0.39 is 27.8 Å². The zero-order valence-electron chi connectivity index (χ0n) is 16.4. The Kier molecular flexibility index (Phi) is 6.70. The molecule has 0 spiro atoms. The van der Waals surface area contributed by atoms with E-state index in [4.69, 9.17) is 4.74 Å². The summed E-state index contributed by atoms with van der Waals surface area (Å²) >= 11 is 0. The van der Waals surface area contributed by atoms with Gasteiger partial charge < -0.3 is 10.1 Å². The van der Waals surface area contributed by atoms with Gasteiger partial charge in [0.15, 0.2) is 0 Å². The number of hydrogen-bond donors (Lipinski definition) is 1. The Morgan fingerprint density at radius 2 is 1.83 bits per heavy atom. The van der Waals surface area contributed by atoms with Crippen LogP contribution in [0.2, 0.25) is 0 Å². The zero-order valence-corrected chi connectivity index (χ0v) is 17.2. The smallest absolute Gasteiger partial charge is 0.243 e. The largest absolute Gasteiger partial charge is 0.497 e. The Hall–Kier alpha value is -2.96. The zero-order chi connectivity index (χ0) is 21.7. The van der Waals surface area contributed by atoms with E-state index in [1.807, 2.05) is 6.07 Å². The summed E-state index contributed by atoms with van der Waals surface area (Å²) in [7, 11) is -2.17. The van der Waals surface area contributed by atoms with Crippen LogP contribution in [-0.2, 0) is 14.8 Å². The minimum atomic E-state index is -3.67. The number of sulfonamides is 1. The molecule has 0 aromatic heterocycles. The molecule has 1 amide bonds. The van der Waals surface area contributed by atoms with Crippen LogP contribution >= 0.6 is 0 Å². The molecule has 2 aromatic rings. The minimum Gasteiger partial charge on any atom is -0.497 e. The van der Waals surface area contributed by atoms with E-state index in [9.17, 15) is 22.9 Å². The molecule has 0 radical (unpaired) electrons. The van der Waals surface area contributed by atoms with Crippen LogP contribution in [0, 0.1) is 23.1 Å². The molecule has 158 valence electrons. The molecule has 9 heteroatoms. The van der Waals surface area contributed by atoms with Gasteiger partial charge in [-0.2, -0.15) is 9.57 Å². The molecule has 1 N–H and O–H groups in total. The highest BCUT2D eigenvalue weighted by molar-refractivity contribution is 7.89. The monoisotopic (exact) mass is 431 g/mol. The van der Waals surface area contributed by atoms with Crippen molar-refractivity contribution in [1.82, 2.24) is 9.62 Å². The normalized spacial score (nSPS) is 16.4. The number of nitrogens with zero attached hydrogens (tertiary/aromatic N) is 2. The molecule has 2 aromatic carbocycles. The first-order valence-electron chi connectivity index (χ1n) is 9.45. The van der Waals surface area contributed by atoms with Crippen LogP contribution in [0.4, 0.5) is 4.39 Å². The second kappa shape index (κ2) is 9.24. The maximum Gasteiger partial charge on any atom is 0.243 e. The first-order valence-corrected chi connectivity index (χ1v) is 10.9. The summed E-state index contributed by atoms with van der Waals surface area (Å²) in [5.74, 6) is -0.836. The maximum atomic E-state index is 13.9. The number of benzene rings is 2. The first-order chi connectivity index (χ1) is 14.4. The van der Waals surface area contributed by atoms with E-state index in [0.717, 1.165) is 0 Å². The van der Waals surface area contributed by atoms with Crippen LogP contribution in [0.5, 0.6) is 5.75 Å². The lowest BCUT2D eigenvalue weighted by Gasteiger charge is -2.31. The standard InChI is InChI=1S/C21H22FN3O4S/c1-29-16-6-8-17(9-7-16)30(27,28)25-12-10-15(11-13-25)21(26)24-20(14-23)18-4-2-3-5-19(18)22/h2-9,15,20H,10-13H2,1H3,(H,24,26). The number of amides is 1. The number of hydrogen-bond acceptors (Lipinski definition) is 5. The predicted molar refractivity (Wildman–Crippen MR) is 107 cm³/mol. The fourth-order valence-corrected chi connectivity index (χ4v) is 4.87. The molecule has 0 bridgehead atoms. The van der Waals surface area contributed by atoms with Crippen LogP contribution in [0.3, 0.4) is 0 Å². The molecule has 1 atom stereocenters. The van der Waals surface area contributed by atoms with Crippen molar-refractivity contribution in [3.63, 3.8) is 0 Å². The highest BCUT2D eigenvalue weighted by Gasteiger charge is 2.33. The topological polar surface area (TPSA) is 99.5 Å². The summed E-state index contributed by atoms with van der Waals surface area (Å²) < 4.78 is 45.9. The molecule has 1 unspecified atom stereocenters. The summed E-state index contributed by atoms with van der Waals surface area (Å²) in [4.78, 5) is 12.7. The summed E-state index contributed by atoms with van der Waals surface area (Å²) in [6, 6.07) is 12.7. The van der Waals surface area contributed by atoms with Gasteiger partial charge in [-0.25, -0.2) is 12.8 Å². The Balaban J connectivity index is 1.62. The lowest BCUT2D eigenvalue weighted by molar-refractivity contribution is -0.126.